The molecule has 0 atom stereocenters. The highest BCUT2D eigenvalue weighted by atomic mass is 32.2. The van der Waals surface area contributed by atoms with Crippen molar-refractivity contribution >= 4 is 34.2 Å². The van der Waals surface area contributed by atoms with Crippen LogP contribution in [0.25, 0.3) is 16.2 Å². The van der Waals surface area contributed by atoms with E-state index in [2.05, 4.69) is 10.1 Å². The van der Waals surface area contributed by atoms with Gasteiger partial charge in [-0.2, -0.15) is 0 Å². The lowest BCUT2D eigenvalue weighted by atomic mass is 9.94. The molecule has 32 heavy (non-hydrogen) atoms. The maximum absolute atomic E-state index is 14.4. The number of rotatable bonds is 7. The van der Waals surface area contributed by atoms with E-state index in [1.807, 2.05) is 26.2 Å². The standard InChI is InChI=1S/C22H27FN4O3S2/c1-14(2)30-22(28)26-9-6-15(7-10-26)8-11-29-21-25-27-13-19(24-20(27)32-21)17-5-4-16(31-3)12-18(17)23/h4-5,12-15H,6-11H2,1-3H3. The maximum atomic E-state index is 14.4. The van der Waals surface area contributed by atoms with Crippen molar-refractivity contribution in [2.24, 2.45) is 5.92 Å². The van der Waals surface area contributed by atoms with Gasteiger partial charge in [-0.05, 0) is 74.8 Å². The number of piperidine rings is 1. The number of amides is 1. The van der Waals surface area contributed by atoms with Gasteiger partial charge in [-0.15, -0.1) is 16.9 Å². The summed E-state index contributed by atoms with van der Waals surface area (Å²) in [4.78, 5) is 19.8. The molecule has 1 fully saturated rings. The molecule has 2 aromatic heterocycles. The molecule has 172 valence electrons. The van der Waals surface area contributed by atoms with Crippen LogP contribution in [0, 0.1) is 11.7 Å². The predicted octanol–water partition coefficient (Wildman–Crippen LogP) is 5.34. The van der Waals surface area contributed by atoms with Crippen LogP contribution in [0.5, 0.6) is 5.19 Å². The third-order valence-corrected chi connectivity index (χ3v) is 7.00. The third kappa shape index (κ3) is 5.35. The Balaban J connectivity index is 1.27. The molecule has 1 aliphatic rings. The second-order valence-corrected chi connectivity index (χ2v) is 9.87. The molecular formula is C22H27FN4O3S2. The summed E-state index contributed by atoms with van der Waals surface area (Å²) in [5, 5.41) is 4.97. The first kappa shape index (κ1) is 22.8. The topological polar surface area (TPSA) is 69.0 Å². The molecule has 0 radical (unpaired) electrons. The van der Waals surface area contributed by atoms with E-state index in [1.54, 1.807) is 21.7 Å². The minimum atomic E-state index is -0.289. The van der Waals surface area contributed by atoms with E-state index in [9.17, 15) is 9.18 Å². The Hall–Kier alpha value is -2.33. The summed E-state index contributed by atoms with van der Waals surface area (Å²) in [5.74, 6) is 0.226. The molecule has 4 rings (SSSR count). The van der Waals surface area contributed by atoms with Crippen molar-refractivity contribution < 1.29 is 18.7 Å². The van der Waals surface area contributed by atoms with Crippen molar-refractivity contribution in [1.29, 1.82) is 0 Å². The van der Waals surface area contributed by atoms with Crippen molar-refractivity contribution in [3.05, 3.63) is 30.2 Å². The zero-order chi connectivity index (χ0) is 22.7. The molecule has 0 N–H and O–H groups in total. The number of nitrogens with zero attached hydrogens (tertiary/aromatic N) is 4. The van der Waals surface area contributed by atoms with Crippen molar-refractivity contribution in [3.8, 4) is 16.5 Å². The summed E-state index contributed by atoms with van der Waals surface area (Å²) in [6, 6.07) is 5.15. The second-order valence-electron chi connectivity index (χ2n) is 8.07. The van der Waals surface area contributed by atoms with Gasteiger partial charge < -0.3 is 14.4 Å². The number of thioether (sulfide) groups is 1. The number of carbonyl (C=O) groups is 1. The molecule has 1 aliphatic heterocycles. The highest BCUT2D eigenvalue weighted by Gasteiger charge is 2.24. The molecule has 1 aromatic carbocycles. The molecule has 7 nitrogen and oxygen atoms in total. The van der Waals surface area contributed by atoms with Gasteiger partial charge in [-0.3, -0.25) is 0 Å². The Morgan fingerprint density at radius 3 is 2.78 bits per heavy atom. The van der Waals surface area contributed by atoms with Crippen molar-refractivity contribution in [1.82, 2.24) is 19.5 Å². The molecule has 0 spiro atoms. The minimum Gasteiger partial charge on any atom is -0.469 e. The first-order valence-electron chi connectivity index (χ1n) is 10.7. The second kappa shape index (κ2) is 10.1. The normalized spacial score (nSPS) is 15.0. The van der Waals surface area contributed by atoms with Crippen LogP contribution in [0.4, 0.5) is 9.18 Å². The zero-order valence-electron chi connectivity index (χ0n) is 18.4. The van der Waals surface area contributed by atoms with E-state index < -0.39 is 0 Å². The van der Waals surface area contributed by atoms with Crippen LogP contribution < -0.4 is 4.74 Å². The van der Waals surface area contributed by atoms with Gasteiger partial charge in [-0.1, -0.05) is 0 Å². The van der Waals surface area contributed by atoms with Crippen molar-refractivity contribution in [2.75, 3.05) is 26.0 Å². The van der Waals surface area contributed by atoms with Gasteiger partial charge in [0.25, 0.3) is 5.19 Å². The summed E-state index contributed by atoms with van der Waals surface area (Å²) in [6.07, 6.45) is 6.13. The highest BCUT2D eigenvalue weighted by Crippen LogP contribution is 2.29. The van der Waals surface area contributed by atoms with Gasteiger partial charge >= 0.3 is 6.09 Å². The first-order chi connectivity index (χ1) is 15.4. The maximum Gasteiger partial charge on any atom is 0.410 e. The Bertz CT molecular complexity index is 1050. The Morgan fingerprint density at radius 1 is 1.34 bits per heavy atom. The number of halogens is 1. The van der Waals surface area contributed by atoms with Gasteiger partial charge in [0.05, 0.1) is 24.6 Å². The smallest absolute Gasteiger partial charge is 0.410 e. The van der Waals surface area contributed by atoms with Gasteiger partial charge in [-0.25, -0.2) is 18.7 Å². The fourth-order valence-electron chi connectivity index (χ4n) is 3.69. The van der Waals surface area contributed by atoms with Gasteiger partial charge in [0.15, 0.2) is 0 Å². The summed E-state index contributed by atoms with van der Waals surface area (Å²) >= 11 is 2.85. The van der Waals surface area contributed by atoms with Crippen LogP contribution in [0.2, 0.25) is 0 Å². The molecule has 0 aliphatic carbocycles. The number of aromatic nitrogens is 3. The van der Waals surface area contributed by atoms with Gasteiger partial charge in [0, 0.05) is 23.5 Å². The van der Waals surface area contributed by atoms with Gasteiger partial charge in [0.2, 0.25) is 4.96 Å². The molecule has 0 unspecified atom stereocenters. The fraction of sp³-hybridized carbons (Fsp3) is 0.500. The highest BCUT2D eigenvalue weighted by molar-refractivity contribution is 7.98. The summed E-state index contributed by atoms with van der Waals surface area (Å²) < 4.78 is 27.1. The molecule has 3 heterocycles. The number of likely N-dealkylation sites (tertiary alicyclic amines) is 1. The number of fused-ring (bicyclic) bond motifs is 1. The van der Waals surface area contributed by atoms with E-state index in [0.717, 1.165) is 37.2 Å². The molecule has 3 aromatic rings. The molecule has 1 amide bonds. The molecule has 1 saturated heterocycles. The number of imidazole rings is 1. The number of benzene rings is 1. The van der Waals surface area contributed by atoms with Crippen LogP contribution in [0.3, 0.4) is 0 Å². The summed E-state index contributed by atoms with van der Waals surface area (Å²) in [7, 11) is 0. The van der Waals surface area contributed by atoms with E-state index in [1.165, 1.54) is 29.2 Å². The SMILES string of the molecule is CSc1ccc(-c2cn3nc(OCCC4CCN(C(=O)OC(C)C)CC4)sc3n2)c(F)c1. The van der Waals surface area contributed by atoms with E-state index in [-0.39, 0.29) is 18.0 Å². The van der Waals surface area contributed by atoms with Crippen LogP contribution in [-0.4, -0.2) is 57.6 Å². The van der Waals surface area contributed by atoms with Crippen molar-refractivity contribution in [3.63, 3.8) is 0 Å². The lowest BCUT2D eigenvalue weighted by Crippen LogP contribution is -2.39. The third-order valence-electron chi connectivity index (χ3n) is 5.44. The number of carbonyl (C=O) groups excluding carboxylic acids is 1. The lowest BCUT2D eigenvalue weighted by Gasteiger charge is -2.31. The first-order valence-corrected chi connectivity index (χ1v) is 12.8. The number of hydrogen-bond donors (Lipinski definition) is 0. The van der Waals surface area contributed by atoms with Crippen LogP contribution in [-0.2, 0) is 4.74 Å². The minimum absolute atomic E-state index is 0.0937. The largest absolute Gasteiger partial charge is 0.469 e. The van der Waals surface area contributed by atoms with E-state index >= 15 is 0 Å². The van der Waals surface area contributed by atoms with Crippen molar-refractivity contribution in [2.45, 2.75) is 44.1 Å². The molecule has 0 bridgehead atoms. The number of ether oxygens (including phenoxy) is 2. The van der Waals surface area contributed by atoms with E-state index in [0.29, 0.717) is 33.9 Å². The van der Waals surface area contributed by atoms with Crippen LogP contribution in [0.1, 0.15) is 33.1 Å². The Kier molecular flexibility index (Phi) is 7.20. The lowest BCUT2D eigenvalue weighted by molar-refractivity contribution is 0.0637. The van der Waals surface area contributed by atoms with Crippen LogP contribution >= 0.6 is 23.1 Å². The average molecular weight is 479 g/mol. The monoisotopic (exact) mass is 478 g/mol. The molecule has 10 heteroatoms. The predicted molar refractivity (Wildman–Crippen MR) is 124 cm³/mol. The Morgan fingerprint density at radius 2 is 2.12 bits per heavy atom. The Labute approximate surface area is 194 Å². The van der Waals surface area contributed by atoms with E-state index in [4.69, 9.17) is 9.47 Å². The van der Waals surface area contributed by atoms with Crippen LogP contribution in [0.15, 0.2) is 29.3 Å². The van der Waals surface area contributed by atoms with Gasteiger partial charge in [0.1, 0.15) is 5.82 Å². The molecule has 0 saturated carbocycles. The zero-order valence-corrected chi connectivity index (χ0v) is 20.0. The quantitative estimate of drug-likeness (QED) is 0.427. The summed E-state index contributed by atoms with van der Waals surface area (Å²) in [6.45, 7) is 5.73. The average Bonchev–Trinajstić information content (AvgIpc) is 3.32. The molecular weight excluding hydrogens is 451 g/mol. The fourth-order valence-corrected chi connectivity index (χ4v) is 4.88. The summed E-state index contributed by atoms with van der Waals surface area (Å²) in [5.41, 5.74) is 1.02. The number of hydrogen-bond acceptors (Lipinski definition) is 7.